The highest BCUT2D eigenvalue weighted by molar-refractivity contribution is 7.90. The monoisotopic (exact) mass is 285 g/mol. The Morgan fingerprint density at radius 2 is 1.74 bits per heavy atom. The van der Waals surface area contributed by atoms with Crippen molar-refractivity contribution in [1.82, 2.24) is 4.72 Å². The Morgan fingerprint density at radius 1 is 1.21 bits per heavy atom. The van der Waals surface area contributed by atoms with E-state index in [-0.39, 0.29) is 10.7 Å². The van der Waals surface area contributed by atoms with Crippen LogP contribution in [0.4, 0.5) is 0 Å². The van der Waals surface area contributed by atoms with Gasteiger partial charge in [0.25, 0.3) is 15.9 Å². The molecule has 0 heterocycles. The van der Waals surface area contributed by atoms with Crippen LogP contribution >= 0.6 is 0 Å². The molecule has 6 nitrogen and oxygen atoms in total. The van der Waals surface area contributed by atoms with Crippen molar-refractivity contribution in [3.05, 3.63) is 29.8 Å². The minimum atomic E-state index is -3.95. The summed E-state index contributed by atoms with van der Waals surface area (Å²) in [5.41, 5.74) is 0.399. The molecule has 0 radical (unpaired) electrons. The van der Waals surface area contributed by atoms with Gasteiger partial charge in [0.2, 0.25) is 0 Å². The topological polar surface area (TPSA) is 89.5 Å². The van der Waals surface area contributed by atoms with Crippen LogP contribution in [0.2, 0.25) is 0 Å². The minimum absolute atomic E-state index is 0.0887. The molecule has 0 saturated carbocycles. The van der Waals surface area contributed by atoms with Crippen LogP contribution < -0.4 is 4.72 Å². The number of ether oxygens (including phenoxy) is 1. The van der Waals surface area contributed by atoms with Crippen molar-refractivity contribution in [2.75, 3.05) is 7.11 Å². The molecule has 0 fully saturated rings. The number of Topliss-reactive ketones (excluding diaryl/α,β-unsaturated/α-hetero) is 1. The van der Waals surface area contributed by atoms with Gasteiger partial charge >= 0.3 is 0 Å². The zero-order valence-corrected chi connectivity index (χ0v) is 11.7. The van der Waals surface area contributed by atoms with E-state index in [0.29, 0.717) is 5.56 Å². The van der Waals surface area contributed by atoms with Crippen LogP contribution in [0.15, 0.2) is 29.2 Å². The van der Waals surface area contributed by atoms with Crippen LogP contribution in [0.3, 0.4) is 0 Å². The van der Waals surface area contributed by atoms with Crippen LogP contribution in [0.1, 0.15) is 24.2 Å². The number of nitrogens with one attached hydrogen (secondary N) is 1. The summed E-state index contributed by atoms with van der Waals surface area (Å²) in [7, 11) is -2.64. The lowest BCUT2D eigenvalue weighted by Crippen LogP contribution is -2.38. The van der Waals surface area contributed by atoms with Gasteiger partial charge in [0.05, 0.1) is 4.90 Å². The summed E-state index contributed by atoms with van der Waals surface area (Å²) in [6.07, 6.45) is -0.869. The number of hydrogen-bond donors (Lipinski definition) is 1. The molecular weight excluding hydrogens is 270 g/mol. The van der Waals surface area contributed by atoms with Crippen molar-refractivity contribution in [3.63, 3.8) is 0 Å². The number of carbonyl (C=O) groups excluding carboxylic acids is 2. The summed E-state index contributed by atoms with van der Waals surface area (Å²) < 4.78 is 30.4. The van der Waals surface area contributed by atoms with E-state index < -0.39 is 22.0 Å². The zero-order chi connectivity index (χ0) is 14.6. The molecule has 0 aliphatic heterocycles. The van der Waals surface area contributed by atoms with Crippen molar-refractivity contribution in [2.24, 2.45) is 0 Å². The third-order valence-electron chi connectivity index (χ3n) is 2.53. The predicted molar refractivity (Wildman–Crippen MR) is 68.2 cm³/mol. The van der Waals surface area contributed by atoms with Gasteiger partial charge in [-0.3, -0.25) is 9.59 Å². The number of sulfonamides is 1. The van der Waals surface area contributed by atoms with E-state index in [4.69, 9.17) is 4.74 Å². The number of carbonyl (C=O) groups is 2. The first-order valence-corrected chi connectivity index (χ1v) is 6.96. The quantitative estimate of drug-likeness (QED) is 0.805. The Kier molecular flexibility index (Phi) is 4.79. The van der Waals surface area contributed by atoms with Gasteiger partial charge in [-0.1, -0.05) is 12.1 Å². The fraction of sp³-hybridized carbons (Fsp3) is 0.333. The number of ketones is 1. The van der Waals surface area contributed by atoms with Crippen molar-refractivity contribution in [3.8, 4) is 0 Å². The fourth-order valence-electron chi connectivity index (χ4n) is 1.25. The van der Waals surface area contributed by atoms with Gasteiger partial charge in [-0.15, -0.1) is 0 Å². The maximum absolute atomic E-state index is 11.9. The number of amides is 1. The van der Waals surface area contributed by atoms with E-state index in [1.54, 1.807) is 0 Å². The van der Waals surface area contributed by atoms with E-state index in [1.165, 1.54) is 45.2 Å². The molecule has 7 heteroatoms. The molecule has 0 aliphatic rings. The lowest BCUT2D eigenvalue weighted by Gasteiger charge is -2.11. The van der Waals surface area contributed by atoms with Gasteiger partial charge in [0.15, 0.2) is 5.78 Å². The lowest BCUT2D eigenvalue weighted by molar-refractivity contribution is -0.128. The Bertz CT molecular complexity index is 577. The van der Waals surface area contributed by atoms with Crippen LogP contribution in [0, 0.1) is 0 Å². The second-order valence-corrected chi connectivity index (χ2v) is 5.61. The van der Waals surface area contributed by atoms with E-state index in [1.807, 2.05) is 4.72 Å². The van der Waals surface area contributed by atoms with Crippen molar-refractivity contribution < 1.29 is 22.7 Å². The summed E-state index contributed by atoms with van der Waals surface area (Å²) >= 11 is 0. The SMILES string of the molecule is CO[C@@H](C)C(=O)NS(=O)(=O)c1ccc(C(C)=O)cc1. The maximum Gasteiger partial charge on any atom is 0.264 e. The molecule has 1 aromatic rings. The summed E-state index contributed by atoms with van der Waals surface area (Å²) in [6, 6.07) is 5.32. The first-order valence-electron chi connectivity index (χ1n) is 5.48. The summed E-state index contributed by atoms with van der Waals surface area (Å²) in [4.78, 5) is 22.5. The highest BCUT2D eigenvalue weighted by Crippen LogP contribution is 2.11. The Morgan fingerprint density at radius 3 is 2.16 bits per heavy atom. The van der Waals surface area contributed by atoms with Crippen LogP contribution in [0.5, 0.6) is 0 Å². The average Bonchev–Trinajstić information content (AvgIpc) is 2.37. The van der Waals surface area contributed by atoms with Crippen LogP contribution in [-0.2, 0) is 19.6 Å². The molecule has 0 saturated heterocycles. The Balaban J connectivity index is 2.95. The number of rotatable bonds is 5. The number of benzene rings is 1. The molecule has 0 spiro atoms. The second-order valence-electron chi connectivity index (χ2n) is 3.93. The van der Waals surface area contributed by atoms with Crippen molar-refractivity contribution >= 4 is 21.7 Å². The second kappa shape index (κ2) is 5.94. The van der Waals surface area contributed by atoms with Gasteiger partial charge in [-0.25, -0.2) is 13.1 Å². The molecule has 1 aromatic carbocycles. The maximum atomic E-state index is 11.9. The predicted octanol–water partition coefficient (Wildman–Crippen LogP) is 0.729. The number of methoxy groups -OCH3 is 1. The van der Waals surface area contributed by atoms with E-state index >= 15 is 0 Å². The lowest BCUT2D eigenvalue weighted by atomic mass is 10.2. The molecule has 1 N–H and O–H groups in total. The molecule has 104 valence electrons. The molecule has 1 amide bonds. The molecular formula is C12H15NO5S. The summed E-state index contributed by atoms with van der Waals surface area (Å²) in [5, 5.41) is 0. The standard InChI is InChI=1S/C12H15NO5S/c1-8(14)10-4-6-11(7-5-10)19(16,17)13-12(15)9(2)18-3/h4-7,9H,1-3H3,(H,13,15)/t9-/m0/s1. The van der Waals surface area contributed by atoms with Gasteiger partial charge in [-0.2, -0.15) is 0 Å². The summed E-state index contributed by atoms with van der Waals surface area (Å²) in [5.74, 6) is -0.917. The van der Waals surface area contributed by atoms with E-state index in [0.717, 1.165) is 0 Å². The van der Waals surface area contributed by atoms with Gasteiger partial charge in [-0.05, 0) is 26.0 Å². The smallest absolute Gasteiger partial charge is 0.264 e. The van der Waals surface area contributed by atoms with E-state index in [9.17, 15) is 18.0 Å². The minimum Gasteiger partial charge on any atom is -0.372 e. The molecule has 1 rings (SSSR count). The zero-order valence-electron chi connectivity index (χ0n) is 10.8. The first-order chi connectivity index (χ1) is 8.77. The largest absolute Gasteiger partial charge is 0.372 e. The van der Waals surface area contributed by atoms with Gasteiger partial charge < -0.3 is 4.74 Å². The molecule has 0 unspecified atom stereocenters. The fourth-order valence-corrected chi connectivity index (χ4v) is 2.29. The highest BCUT2D eigenvalue weighted by atomic mass is 32.2. The summed E-state index contributed by atoms with van der Waals surface area (Å²) in [6.45, 7) is 2.81. The normalized spacial score (nSPS) is 12.8. The van der Waals surface area contributed by atoms with Crippen LogP contribution in [-0.4, -0.2) is 33.3 Å². The average molecular weight is 285 g/mol. The highest BCUT2D eigenvalue weighted by Gasteiger charge is 2.21. The third-order valence-corrected chi connectivity index (χ3v) is 3.89. The molecule has 0 aromatic heterocycles. The Labute approximate surface area is 111 Å². The Hall–Kier alpha value is -1.73. The molecule has 0 aliphatic carbocycles. The first kappa shape index (κ1) is 15.3. The molecule has 1 atom stereocenters. The van der Waals surface area contributed by atoms with Crippen molar-refractivity contribution in [1.29, 1.82) is 0 Å². The molecule has 19 heavy (non-hydrogen) atoms. The molecule has 0 bridgehead atoms. The van der Waals surface area contributed by atoms with Crippen LogP contribution in [0.25, 0.3) is 0 Å². The van der Waals surface area contributed by atoms with E-state index in [2.05, 4.69) is 0 Å². The van der Waals surface area contributed by atoms with Crippen molar-refractivity contribution in [2.45, 2.75) is 24.8 Å². The third kappa shape index (κ3) is 3.87. The van der Waals surface area contributed by atoms with Gasteiger partial charge in [0, 0.05) is 12.7 Å². The number of hydrogen-bond acceptors (Lipinski definition) is 5. The van der Waals surface area contributed by atoms with Gasteiger partial charge in [0.1, 0.15) is 6.10 Å².